The minimum atomic E-state index is -0.705. The van der Waals surface area contributed by atoms with Crippen LogP contribution in [0, 0.1) is 11.7 Å². The first kappa shape index (κ1) is 19.6. The first-order valence-corrected chi connectivity index (χ1v) is 10.1. The summed E-state index contributed by atoms with van der Waals surface area (Å²) in [4.78, 5) is 26.8. The molecular weight excluding hydrogens is 371 g/mol. The SMILES string of the molecule is O=C1CO[C@H](C(=O)N2CCC(Cc3ccc(F)cc3)CC2)[C@@H](c2ccccc2)N1. The summed E-state index contributed by atoms with van der Waals surface area (Å²) in [7, 11) is 0. The fourth-order valence-corrected chi connectivity index (χ4v) is 4.18. The largest absolute Gasteiger partial charge is 0.356 e. The van der Waals surface area contributed by atoms with E-state index in [4.69, 9.17) is 4.74 Å². The quantitative estimate of drug-likeness (QED) is 0.865. The lowest BCUT2D eigenvalue weighted by molar-refractivity contribution is -0.156. The topological polar surface area (TPSA) is 58.6 Å². The van der Waals surface area contributed by atoms with Crippen molar-refractivity contribution in [3.63, 3.8) is 0 Å². The summed E-state index contributed by atoms with van der Waals surface area (Å²) in [6, 6.07) is 15.6. The van der Waals surface area contributed by atoms with Crippen LogP contribution in [0.1, 0.15) is 30.0 Å². The van der Waals surface area contributed by atoms with Gasteiger partial charge in [0.1, 0.15) is 12.4 Å². The first-order chi connectivity index (χ1) is 14.1. The highest BCUT2D eigenvalue weighted by Crippen LogP contribution is 2.27. The molecule has 2 saturated heterocycles. The Morgan fingerprint density at radius 2 is 1.76 bits per heavy atom. The molecule has 0 radical (unpaired) electrons. The summed E-state index contributed by atoms with van der Waals surface area (Å²) in [6.07, 6.45) is 1.99. The predicted molar refractivity (Wildman–Crippen MR) is 106 cm³/mol. The number of benzene rings is 2. The number of nitrogens with one attached hydrogen (secondary N) is 1. The van der Waals surface area contributed by atoms with Crippen molar-refractivity contribution in [3.05, 3.63) is 71.5 Å². The molecule has 0 saturated carbocycles. The highest BCUT2D eigenvalue weighted by molar-refractivity contribution is 5.86. The summed E-state index contributed by atoms with van der Waals surface area (Å²) in [5.41, 5.74) is 1.99. The molecule has 0 spiro atoms. The van der Waals surface area contributed by atoms with Gasteiger partial charge in [0.25, 0.3) is 5.91 Å². The molecule has 0 unspecified atom stereocenters. The van der Waals surface area contributed by atoms with Crippen molar-refractivity contribution in [1.29, 1.82) is 0 Å². The molecule has 2 fully saturated rings. The smallest absolute Gasteiger partial charge is 0.254 e. The van der Waals surface area contributed by atoms with Gasteiger partial charge in [-0.05, 0) is 48.4 Å². The van der Waals surface area contributed by atoms with E-state index in [-0.39, 0.29) is 24.2 Å². The average molecular weight is 396 g/mol. The Bertz CT molecular complexity index is 848. The van der Waals surface area contributed by atoms with Crippen molar-refractivity contribution in [1.82, 2.24) is 10.2 Å². The van der Waals surface area contributed by atoms with Gasteiger partial charge in [-0.1, -0.05) is 42.5 Å². The number of nitrogens with zero attached hydrogens (tertiary/aromatic N) is 1. The van der Waals surface area contributed by atoms with Gasteiger partial charge in [0.15, 0.2) is 6.10 Å². The van der Waals surface area contributed by atoms with Crippen LogP contribution < -0.4 is 5.32 Å². The third-order valence-corrected chi connectivity index (χ3v) is 5.78. The lowest BCUT2D eigenvalue weighted by atomic mass is 9.89. The van der Waals surface area contributed by atoms with Gasteiger partial charge in [0.05, 0.1) is 6.04 Å². The maximum absolute atomic E-state index is 13.2. The summed E-state index contributed by atoms with van der Waals surface area (Å²) in [5.74, 6) is -0.0249. The molecule has 2 aliphatic heterocycles. The molecule has 1 N–H and O–H groups in total. The normalized spacial score (nSPS) is 22.9. The summed E-state index contributed by atoms with van der Waals surface area (Å²) < 4.78 is 18.7. The fraction of sp³-hybridized carbons (Fsp3) is 0.391. The van der Waals surface area contributed by atoms with Crippen LogP contribution in [-0.2, 0) is 20.7 Å². The molecule has 2 heterocycles. The number of morpholine rings is 1. The highest BCUT2D eigenvalue weighted by Gasteiger charge is 2.39. The number of hydrogen-bond acceptors (Lipinski definition) is 3. The minimum Gasteiger partial charge on any atom is -0.356 e. The fourth-order valence-electron chi connectivity index (χ4n) is 4.18. The Kier molecular flexibility index (Phi) is 5.90. The maximum atomic E-state index is 13.2. The molecule has 5 nitrogen and oxygen atoms in total. The molecule has 0 aliphatic carbocycles. The van der Waals surface area contributed by atoms with Gasteiger partial charge in [0.2, 0.25) is 5.91 Å². The zero-order chi connectivity index (χ0) is 20.2. The second-order valence-corrected chi connectivity index (χ2v) is 7.79. The van der Waals surface area contributed by atoms with Crippen LogP contribution in [0.4, 0.5) is 4.39 Å². The lowest BCUT2D eigenvalue weighted by Crippen LogP contribution is -2.54. The predicted octanol–water partition coefficient (Wildman–Crippen LogP) is 2.86. The first-order valence-electron chi connectivity index (χ1n) is 10.1. The number of carbonyl (C=O) groups excluding carboxylic acids is 2. The van der Waals surface area contributed by atoms with Crippen molar-refractivity contribution in [3.8, 4) is 0 Å². The second-order valence-electron chi connectivity index (χ2n) is 7.79. The number of hydrogen-bond donors (Lipinski definition) is 1. The molecule has 4 rings (SSSR count). The van der Waals surface area contributed by atoms with Gasteiger partial charge < -0.3 is 15.0 Å². The molecular formula is C23H25FN2O3. The van der Waals surface area contributed by atoms with Gasteiger partial charge in [-0.15, -0.1) is 0 Å². The van der Waals surface area contributed by atoms with Gasteiger partial charge in [0, 0.05) is 13.1 Å². The molecule has 2 aromatic carbocycles. The van der Waals surface area contributed by atoms with E-state index in [0.29, 0.717) is 19.0 Å². The number of likely N-dealkylation sites (tertiary alicyclic amines) is 1. The van der Waals surface area contributed by atoms with Crippen LogP contribution in [-0.4, -0.2) is 42.5 Å². The van der Waals surface area contributed by atoms with Crippen molar-refractivity contribution in [2.24, 2.45) is 5.92 Å². The molecule has 6 heteroatoms. The zero-order valence-electron chi connectivity index (χ0n) is 16.2. The van der Waals surface area contributed by atoms with Crippen LogP contribution in [0.25, 0.3) is 0 Å². The molecule has 0 bridgehead atoms. The highest BCUT2D eigenvalue weighted by atomic mass is 19.1. The molecule has 2 aromatic rings. The number of ether oxygens (including phenoxy) is 1. The number of piperidine rings is 1. The molecule has 2 aliphatic rings. The minimum absolute atomic E-state index is 0.0703. The average Bonchev–Trinajstić information content (AvgIpc) is 2.76. The Balaban J connectivity index is 1.38. The second kappa shape index (κ2) is 8.74. The van der Waals surface area contributed by atoms with Crippen LogP contribution in [0.5, 0.6) is 0 Å². The van der Waals surface area contributed by atoms with E-state index in [2.05, 4.69) is 5.32 Å². The molecule has 2 atom stereocenters. The molecule has 29 heavy (non-hydrogen) atoms. The van der Waals surface area contributed by atoms with E-state index >= 15 is 0 Å². The van der Waals surface area contributed by atoms with Crippen LogP contribution in [0.2, 0.25) is 0 Å². The van der Waals surface area contributed by atoms with Crippen molar-refractivity contribution < 1.29 is 18.7 Å². The van der Waals surface area contributed by atoms with Gasteiger partial charge in [-0.2, -0.15) is 0 Å². The Labute approximate surface area is 169 Å². The molecule has 2 amide bonds. The number of carbonyl (C=O) groups is 2. The van der Waals surface area contributed by atoms with Gasteiger partial charge >= 0.3 is 0 Å². The van der Waals surface area contributed by atoms with E-state index in [9.17, 15) is 14.0 Å². The van der Waals surface area contributed by atoms with Crippen molar-refractivity contribution in [2.45, 2.75) is 31.4 Å². The van der Waals surface area contributed by atoms with Crippen molar-refractivity contribution in [2.75, 3.05) is 19.7 Å². The zero-order valence-corrected chi connectivity index (χ0v) is 16.2. The van der Waals surface area contributed by atoms with Crippen molar-refractivity contribution >= 4 is 11.8 Å². The standard InChI is InChI=1S/C23H25FN2O3/c24-19-8-6-16(7-9-19)14-17-10-12-26(13-11-17)23(28)22-21(25-20(27)15-29-22)18-4-2-1-3-5-18/h1-9,17,21-22H,10-15H2,(H,25,27)/t21-,22+/m1/s1. The van der Waals surface area contributed by atoms with E-state index in [1.807, 2.05) is 47.4 Å². The number of halogens is 1. The van der Waals surface area contributed by atoms with E-state index < -0.39 is 12.1 Å². The summed E-state index contributed by atoms with van der Waals surface area (Å²) in [6.45, 7) is 1.24. The number of amides is 2. The summed E-state index contributed by atoms with van der Waals surface area (Å²) in [5, 5.41) is 2.91. The lowest BCUT2D eigenvalue weighted by Gasteiger charge is -2.38. The van der Waals surface area contributed by atoms with E-state index in [1.54, 1.807) is 0 Å². The third-order valence-electron chi connectivity index (χ3n) is 5.78. The number of rotatable bonds is 4. The Hall–Kier alpha value is -2.73. The van der Waals surface area contributed by atoms with Crippen LogP contribution in [0.15, 0.2) is 54.6 Å². The van der Waals surface area contributed by atoms with Gasteiger partial charge in [-0.3, -0.25) is 9.59 Å². The Morgan fingerprint density at radius 1 is 1.07 bits per heavy atom. The van der Waals surface area contributed by atoms with E-state index in [0.717, 1.165) is 30.4 Å². The Morgan fingerprint density at radius 3 is 2.45 bits per heavy atom. The summed E-state index contributed by atoms with van der Waals surface area (Å²) >= 11 is 0. The van der Waals surface area contributed by atoms with Crippen LogP contribution in [0.3, 0.4) is 0 Å². The molecule has 0 aromatic heterocycles. The van der Waals surface area contributed by atoms with Gasteiger partial charge in [-0.25, -0.2) is 4.39 Å². The maximum Gasteiger partial charge on any atom is 0.254 e. The van der Waals surface area contributed by atoms with E-state index in [1.165, 1.54) is 12.1 Å². The monoisotopic (exact) mass is 396 g/mol. The third kappa shape index (κ3) is 4.65. The van der Waals surface area contributed by atoms with Crippen LogP contribution >= 0.6 is 0 Å². The molecule has 152 valence electrons.